The fourth-order valence-electron chi connectivity index (χ4n) is 3.30. The third-order valence-electron chi connectivity index (χ3n) is 5.17. The van der Waals surface area contributed by atoms with E-state index < -0.39 is 0 Å². The van der Waals surface area contributed by atoms with E-state index in [4.69, 9.17) is 15.0 Å². The van der Waals surface area contributed by atoms with Gasteiger partial charge in [0, 0.05) is 17.2 Å². The van der Waals surface area contributed by atoms with E-state index in [0.29, 0.717) is 22.3 Å². The molecule has 2 aromatic carbocycles. The molecular weight excluding hydrogens is 424 g/mol. The Morgan fingerprint density at radius 3 is 2.56 bits per heavy atom. The maximum absolute atomic E-state index is 11.9. The van der Waals surface area contributed by atoms with Gasteiger partial charge >= 0.3 is 5.63 Å². The van der Waals surface area contributed by atoms with Crippen LogP contribution < -0.4 is 16.2 Å². The second-order valence-corrected chi connectivity index (χ2v) is 9.65. The predicted octanol–water partition coefficient (Wildman–Crippen LogP) is 4.58. The van der Waals surface area contributed by atoms with E-state index in [1.807, 2.05) is 37.3 Å². The number of nitrogens with two attached hydrogens (primary N) is 1. The van der Waals surface area contributed by atoms with E-state index in [0.717, 1.165) is 22.3 Å². The van der Waals surface area contributed by atoms with E-state index in [1.165, 1.54) is 28.1 Å². The molecule has 0 aliphatic carbocycles. The summed E-state index contributed by atoms with van der Waals surface area (Å²) in [7, 11) is 0. The Balaban J connectivity index is 1.44. The van der Waals surface area contributed by atoms with Crippen molar-refractivity contribution in [2.45, 2.75) is 50.6 Å². The molecule has 0 aliphatic rings. The average molecular weight is 451 g/mol. The Morgan fingerprint density at radius 2 is 1.84 bits per heavy atom. The molecule has 2 aromatic heterocycles. The number of nitrogens with zero attached hydrogens (tertiary/aromatic N) is 3. The number of ether oxygens (including phenoxy) is 1. The Kier molecular flexibility index (Phi) is 5.97. The van der Waals surface area contributed by atoms with E-state index in [2.05, 4.69) is 43.1 Å². The fraction of sp³-hybridized carbons (Fsp3) is 0.292. The van der Waals surface area contributed by atoms with Crippen LogP contribution >= 0.6 is 11.8 Å². The monoisotopic (exact) mass is 450 g/mol. The largest absolute Gasteiger partial charge is 0.486 e. The van der Waals surface area contributed by atoms with Crippen molar-refractivity contribution >= 4 is 22.7 Å². The van der Waals surface area contributed by atoms with Crippen molar-refractivity contribution in [3.8, 4) is 5.75 Å². The minimum atomic E-state index is -0.375. The predicted molar refractivity (Wildman–Crippen MR) is 126 cm³/mol. The summed E-state index contributed by atoms with van der Waals surface area (Å²) >= 11 is 1.40. The zero-order valence-corrected chi connectivity index (χ0v) is 19.4. The minimum Gasteiger partial charge on any atom is -0.486 e. The molecule has 8 heteroatoms. The van der Waals surface area contributed by atoms with Gasteiger partial charge in [-0.05, 0) is 47.2 Å². The number of aromatic nitrogens is 3. The van der Waals surface area contributed by atoms with Crippen LogP contribution in [0.5, 0.6) is 5.75 Å². The van der Waals surface area contributed by atoms with Crippen LogP contribution in [0.2, 0.25) is 0 Å². The quantitative estimate of drug-likeness (QED) is 0.261. The molecule has 0 atom stereocenters. The summed E-state index contributed by atoms with van der Waals surface area (Å²) in [6, 6.07) is 15.3. The summed E-state index contributed by atoms with van der Waals surface area (Å²) in [6.07, 6.45) is 0. The number of hydrogen-bond acceptors (Lipinski definition) is 7. The van der Waals surface area contributed by atoms with Gasteiger partial charge in [-0.15, -0.1) is 10.2 Å². The van der Waals surface area contributed by atoms with Gasteiger partial charge in [-0.1, -0.05) is 56.8 Å². The Hall–Kier alpha value is -3.26. The number of thioether (sulfide) groups is 1. The third kappa shape index (κ3) is 4.80. The topological polar surface area (TPSA) is 96.2 Å². The van der Waals surface area contributed by atoms with Gasteiger partial charge in [0.15, 0.2) is 5.82 Å². The Morgan fingerprint density at radius 1 is 1.09 bits per heavy atom. The second kappa shape index (κ2) is 8.70. The number of rotatable bonds is 6. The maximum Gasteiger partial charge on any atom is 0.336 e. The first-order valence-electron chi connectivity index (χ1n) is 10.3. The van der Waals surface area contributed by atoms with Gasteiger partial charge in [-0.3, -0.25) is 0 Å². The maximum atomic E-state index is 11.9. The lowest BCUT2D eigenvalue weighted by molar-refractivity contribution is 0.291. The van der Waals surface area contributed by atoms with E-state index in [9.17, 15) is 4.79 Å². The van der Waals surface area contributed by atoms with Gasteiger partial charge in [0.2, 0.25) is 5.16 Å². The molecule has 0 amide bonds. The van der Waals surface area contributed by atoms with Gasteiger partial charge in [-0.2, -0.15) is 0 Å². The first-order valence-corrected chi connectivity index (χ1v) is 11.3. The molecule has 7 nitrogen and oxygen atoms in total. The highest BCUT2D eigenvalue weighted by molar-refractivity contribution is 7.98. The van der Waals surface area contributed by atoms with Crippen LogP contribution in [0, 0.1) is 6.92 Å². The standard InChI is InChI=1S/C24H26N4O3S/c1-15-5-10-19-16(12-22(29)31-20(19)11-15)14-32-23-27-26-21(28(23)25)13-30-18-8-6-17(7-9-18)24(2,3)4/h5-12H,13-14,25H2,1-4H3. The highest BCUT2D eigenvalue weighted by atomic mass is 32.2. The van der Waals surface area contributed by atoms with Gasteiger partial charge in [0.05, 0.1) is 0 Å². The van der Waals surface area contributed by atoms with Crippen molar-refractivity contribution in [1.29, 1.82) is 0 Å². The van der Waals surface area contributed by atoms with Crippen molar-refractivity contribution in [2.24, 2.45) is 0 Å². The minimum absolute atomic E-state index is 0.0892. The first-order chi connectivity index (χ1) is 15.2. The van der Waals surface area contributed by atoms with Crippen LogP contribution in [-0.2, 0) is 17.8 Å². The summed E-state index contributed by atoms with van der Waals surface area (Å²) in [6.45, 7) is 8.68. The van der Waals surface area contributed by atoms with Crippen molar-refractivity contribution in [1.82, 2.24) is 14.9 Å². The molecule has 2 N–H and O–H groups in total. The molecule has 0 spiro atoms. The van der Waals surface area contributed by atoms with Crippen molar-refractivity contribution in [2.75, 3.05) is 5.84 Å². The van der Waals surface area contributed by atoms with Crippen molar-refractivity contribution in [3.05, 3.63) is 81.5 Å². The normalized spacial score (nSPS) is 11.8. The molecule has 166 valence electrons. The fourth-order valence-corrected chi connectivity index (χ4v) is 4.17. The molecule has 32 heavy (non-hydrogen) atoms. The van der Waals surface area contributed by atoms with Gasteiger partial charge in [0.25, 0.3) is 0 Å². The smallest absolute Gasteiger partial charge is 0.336 e. The molecule has 0 saturated heterocycles. The first kappa shape index (κ1) is 22.0. The molecule has 4 rings (SSSR count). The molecule has 0 bridgehead atoms. The lowest BCUT2D eigenvalue weighted by Gasteiger charge is -2.19. The molecule has 0 saturated carbocycles. The number of nitrogen functional groups attached to an aromatic ring is 1. The van der Waals surface area contributed by atoms with Crippen LogP contribution in [0.25, 0.3) is 11.0 Å². The second-order valence-electron chi connectivity index (χ2n) is 8.71. The highest BCUT2D eigenvalue weighted by Gasteiger charge is 2.15. The zero-order chi connectivity index (χ0) is 22.9. The Labute approximate surface area is 190 Å². The molecule has 0 radical (unpaired) electrons. The van der Waals surface area contributed by atoms with E-state index in [-0.39, 0.29) is 17.6 Å². The van der Waals surface area contributed by atoms with Crippen LogP contribution in [0.4, 0.5) is 0 Å². The Bertz CT molecular complexity index is 1300. The van der Waals surface area contributed by atoms with E-state index in [1.54, 1.807) is 0 Å². The van der Waals surface area contributed by atoms with Crippen LogP contribution in [0.15, 0.2) is 62.9 Å². The molecule has 0 aliphatic heterocycles. The lowest BCUT2D eigenvalue weighted by atomic mass is 9.87. The number of hydrogen-bond donors (Lipinski definition) is 1. The van der Waals surface area contributed by atoms with Crippen molar-refractivity contribution < 1.29 is 9.15 Å². The van der Waals surface area contributed by atoms with Gasteiger partial charge < -0.3 is 15.0 Å². The molecular formula is C24H26N4O3S. The average Bonchev–Trinajstić information content (AvgIpc) is 3.09. The molecule has 0 fully saturated rings. The number of fused-ring (bicyclic) bond motifs is 1. The van der Waals surface area contributed by atoms with E-state index >= 15 is 0 Å². The third-order valence-corrected chi connectivity index (χ3v) is 6.16. The van der Waals surface area contributed by atoms with Crippen LogP contribution in [0.1, 0.15) is 43.3 Å². The number of aryl methyl sites for hydroxylation is 1. The summed E-state index contributed by atoms with van der Waals surface area (Å²) in [5.74, 6) is 7.95. The zero-order valence-electron chi connectivity index (χ0n) is 18.6. The van der Waals surface area contributed by atoms with Crippen molar-refractivity contribution in [3.63, 3.8) is 0 Å². The SMILES string of the molecule is Cc1ccc2c(CSc3nnc(COc4ccc(C(C)(C)C)cc4)n3N)cc(=O)oc2c1. The van der Waals surface area contributed by atoms with Crippen LogP contribution in [0.3, 0.4) is 0 Å². The summed E-state index contributed by atoms with van der Waals surface area (Å²) in [4.78, 5) is 11.9. The van der Waals surface area contributed by atoms with Crippen LogP contribution in [-0.4, -0.2) is 14.9 Å². The summed E-state index contributed by atoms with van der Waals surface area (Å²) in [5, 5.41) is 9.77. The summed E-state index contributed by atoms with van der Waals surface area (Å²) in [5.41, 5.74) is 3.42. The summed E-state index contributed by atoms with van der Waals surface area (Å²) < 4.78 is 12.6. The van der Waals surface area contributed by atoms with Gasteiger partial charge in [0.1, 0.15) is 17.9 Å². The molecule has 0 unspecified atom stereocenters. The highest BCUT2D eigenvalue weighted by Crippen LogP contribution is 2.27. The number of benzene rings is 2. The van der Waals surface area contributed by atoms with Gasteiger partial charge in [-0.25, -0.2) is 9.47 Å². The lowest BCUT2D eigenvalue weighted by Crippen LogP contribution is -2.16. The molecule has 2 heterocycles. The molecule has 4 aromatic rings.